The van der Waals surface area contributed by atoms with Crippen molar-refractivity contribution in [2.24, 2.45) is 5.89 Å². The van der Waals surface area contributed by atoms with E-state index in [1.165, 1.54) is 19.2 Å². The summed E-state index contributed by atoms with van der Waals surface area (Å²) in [4.78, 5) is 25.7. The minimum Gasteiger partial charge on any atom is -0.453 e. The van der Waals surface area contributed by atoms with Crippen LogP contribution in [-0.2, 0) is 19.6 Å². The van der Waals surface area contributed by atoms with E-state index in [0.717, 1.165) is 23.3 Å². The first-order chi connectivity index (χ1) is 24.2. The van der Waals surface area contributed by atoms with Gasteiger partial charge >= 0.3 is 6.09 Å². The monoisotopic (exact) mass is 632 g/mol. The number of sulfonamides is 1. The van der Waals surface area contributed by atoms with E-state index in [1.807, 2.05) is 36.4 Å². The Morgan fingerprint density at radius 3 is 2.11 bits per heavy atom. The lowest BCUT2D eigenvalue weighted by Gasteiger charge is -2.31. The van der Waals surface area contributed by atoms with Gasteiger partial charge in [-0.15, -0.1) is 0 Å². The summed E-state index contributed by atoms with van der Waals surface area (Å²) in [5.41, 5.74) is 7.37. The van der Waals surface area contributed by atoms with Crippen LogP contribution in [-0.4, -0.2) is 68.7 Å². The number of hydrogen-bond donors (Lipinski definition) is 4. The van der Waals surface area contributed by atoms with Gasteiger partial charge in [-0.1, -0.05) is 80.8 Å². The third-order valence-electron chi connectivity index (χ3n) is 6.96. The number of amides is 2. The maximum absolute atomic E-state index is 13.9. The van der Waals surface area contributed by atoms with Crippen molar-refractivity contribution in [3.05, 3.63) is 96.1 Å². The molecule has 11 heteroatoms. The minimum atomic E-state index is -4.80. The van der Waals surface area contributed by atoms with Gasteiger partial charge < -0.3 is 26.2 Å². The molecule has 0 aromatic heterocycles. The van der Waals surface area contributed by atoms with Crippen molar-refractivity contribution >= 4 is 27.7 Å². The second kappa shape index (κ2) is 16.8. The fourth-order valence-corrected chi connectivity index (χ4v) is 6.35. The third-order valence-corrected chi connectivity index (χ3v) is 8.85. The van der Waals surface area contributed by atoms with E-state index in [0.29, 0.717) is 4.31 Å². The number of nitrogens with one attached hydrogen (secondary N) is 2. The van der Waals surface area contributed by atoms with Crippen molar-refractivity contribution in [2.75, 3.05) is 32.5 Å². The molecular weight excluding hydrogens is 580 g/mol. The Bertz CT molecular complexity index is 1660. The maximum Gasteiger partial charge on any atom is 0.407 e. The number of benzene rings is 3. The molecule has 0 aliphatic carbocycles. The van der Waals surface area contributed by atoms with Crippen molar-refractivity contribution in [1.82, 2.24) is 14.9 Å². The quantitative estimate of drug-likeness (QED) is 0.137. The number of methoxy groups -OCH3 is 1. The molecule has 10 nitrogen and oxygen atoms in total. The Kier molecular flexibility index (Phi) is 9.31. The number of carbonyl (C=O) groups is 2. The first kappa shape index (κ1) is 24.4. The van der Waals surface area contributed by atoms with Crippen molar-refractivity contribution in [1.29, 1.82) is 0 Å². The first-order valence-electron chi connectivity index (χ1n) is 18.0. The Morgan fingerprint density at radius 2 is 1.59 bits per heavy atom. The molecule has 0 fully saturated rings. The number of hydrogen-bond acceptors (Lipinski definition) is 7. The summed E-state index contributed by atoms with van der Waals surface area (Å²) in [5, 5.41) is 15.9. The van der Waals surface area contributed by atoms with Crippen LogP contribution >= 0.6 is 0 Å². The van der Waals surface area contributed by atoms with Crippen LogP contribution in [0.25, 0.3) is 0 Å². The average Bonchev–Trinajstić information content (AvgIpc) is 3.08. The lowest BCUT2D eigenvalue weighted by molar-refractivity contribution is -0.123. The number of rotatable bonds is 16. The first-order valence-corrected chi connectivity index (χ1v) is 15.4. The highest BCUT2D eigenvalue weighted by molar-refractivity contribution is 7.89. The molecule has 5 N–H and O–H groups in total. The fourth-order valence-electron chi connectivity index (χ4n) is 4.79. The van der Waals surface area contributed by atoms with Crippen LogP contribution in [0.3, 0.4) is 0 Å². The van der Waals surface area contributed by atoms with E-state index in [4.69, 9.17) is 21.4 Å². The van der Waals surface area contributed by atoms with Gasteiger partial charge in [0.25, 0.3) is 0 Å². The summed E-state index contributed by atoms with van der Waals surface area (Å²) in [6, 6.07) is 20.0. The Hall–Kier alpha value is -3.93. The molecule has 44 heavy (non-hydrogen) atoms. The van der Waals surface area contributed by atoms with Gasteiger partial charge in [-0.2, -0.15) is 4.31 Å². The Balaban J connectivity index is 1.87. The molecule has 1 unspecified atom stereocenters. The predicted octanol–water partition coefficient (Wildman–Crippen LogP) is 4.12. The number of unbranched alkanes of at least 4 members (excludes halogenated alkanes) is 1. The van der Waals surface area contributed by atoms with Crippen LogP contribution in [0.5, 0.6) is 0 Å². The topological polar surface area (TPSA) is 151 Å². The number of aliphatic hydroxyl groups excluding tert-OH is 1. The normalized spacial score (nSPS) is 17.3. The summed E-state index contributed by atoms with van der Waals surface area (Å²) < 4.78 is 96.8. The van der Waals surface area contributed by atoms with E-state index < -0.39 is 77.6 Å². The fraction of sp³-hybridized carbons (Fsp3) is 0.394. The standard InChI is InChI=1S/C33H44N4O6S/c1-24(2)22-37(44(41,42)29-19-17-27(34)18-20-29)28(23-38)16-10-11-21-35-32(39)31(36-33(40)43-3)30(25-12-6-4-7-13-25)26-14-8-5-9-15-26/h4-9,12-15,17-20,24,28,30-31,38H,10-11,16,21-23,34H2,1-3H3,(H,35,39)(H,36,40)/t28-,31-/m0/s1/i1D3,2D3,23D,24D/t23?,28-,31-. The molecule has 3 atom stereocenters. The highest BCUT2D eigenvalue weighted by Crippen LogP contribution is 2.29. The number of nitrogens with zero attached hydrogens (tertiary/aromatic N) is 1. The third kappa shape index (κ3) is 9.54. The molecule has 0 bridgehead atoms. The van der Waals surface area contributed by atoms with Crippen LogP contribution in [0.15, 0.2) is 89.8 Å². The van der Waals surface area contributed by atoms with Gasteiger partial charge in [-0.3, -0.25) is 4.79 Å². The van der Waals surface area contributed by atoms with E-state index in [-0.39, 0.29) is 31.5 Å². The highest BCUT2D eigenvalue weighted by atomic mass is 32.2. The van der Waals surface area contributed by atoms with Gasteiger partial charge in [0, 0.05) is 40.3 Å². The van der Waals surface area contributed by atoms with Crippen LogP contribution in [0.1, 0.15) is 61.0 Å². The molecule has 0 radical (unpaired) electrons. The summed E-state index contributed by atoms with van der Waals surface area (Å²) in [6.07, 6.45) is -0.919. The van der Waals surface area contributed by atoms with Gasteiger partial charge in [-0.05, 0) is 54.1 Å². The Labute approximate surface area is 271 Å². The lowest BCUT2D eigenvalue weighted by atomic mass is 9.84. The van der Waals surface area contributed by atoms with Crippen molar-refractivity contribution in [3.8, 4) is 0 Å². The second-order valence-electron chi connectivity index (χ2n) is 10.0. The molecular formula is C33H44N4O6S. The van der Waals surface area contributed by atoms with Crippen LogP contribution < -0.4 is 16.4 Å². The van der Waals surface area contributed by atoms with Gasteiger partial charge in [0.15, 0.2) is 0 Å². The number of anilines is 1. The highest BCUT2D eigenvalue weighted by Gasteiger charge is 2.33. The predicted molar refractivity (Wildman–Crippen MR) is 171 cm³/mol. The van der Waals surface area contributed by atoms with Gasteiger partial charge in [-0.25, -0.2) is 13.2 Å². The van der Waals surface area contributed by atoms with E-state index in [1.54, 1.807) is 24.3 Å². The lowest BCUT2D eigenvalue weighted by Crippen LogP contribution is -2.50. The summed E-state index contributed by atoms with van der Waals surface area (Å²) in [6.45, 7) is -10.6. The zero-order chi connectivity index (χ0) is 38.9. The van der Waals surface area contributed by atoms with E-state index in [2.05, 4.69) is 10.6 Å². The van der Waals surface area contributed by atoms with Crippen molar-refractivity contribution in [2.45, 2.75) is 55.9 Å². The zero-order valence-electron chi connectivity index (χ0n) is 32.3. The zero-order valence-corrected chi connectivity index (χ0v) is 25.2. The second-order valence-corrected chi connectivity index (χ2v) is 11.9. The summed E-state index contributed by atoms with van der Waals surface area (Å²) in [5.74, 6) is -4.53. The van der Waals surface area contributed by atoms with Gasteiger partial charge in [0.05, 0.1) is 20.0 Å². The molecule has 0 aliphatic heterocycles. The van der Waals surface area contributed by atoms with Crippen LogP contribution in [0, 0.1) is 5.89 Å². The molecule has 0 heterocycles. The Morgan fingerprint density at radius 1 is 1.00 bits per heavy atom. The number of alkyl carbamates (subject to hydrolysis) is 1. The summed E-state index contributed by atoms with van der Waals surface area (Å²) >= 11 is 0. The smallest absolute Gasteiger partial charge is 0.407 e. The molecule has 3 rings (SSSR count). The number of nitrogen functional groups attached to an aromatic ring is 1. The maximum atomic E-state index is 13.9. The molecule has 238 valence electrons. The average molecular weight is 633 g/mol. The van der Waals surface area contributed by atoms with Crippen LogP contribution in [0.4, 0.5) is 10.5 Å². The van der Waals surface area contributed by atoms with Crippen molar-refractivity contribution < 1.29 is 38.8 Å². The molecule has 3 aromatic rings. The minimum absolute atomic E-state index is 0.00701. The molecule has 0 saturated heterocycles. The molecule has 0 saturated carbocycles. The molecule has 0 spiro atoms. The SMILES string of the molecule is [2H]C(O)[C@H](CCCCNC(=O)[C@@H](NC(=O)OC)C(c1ccccc1)c1ccccc1)N(CC([2H])(C([2H])([2H])[2H])C([2H])([2H])[2H])S(=O)(=O)c1ccc(N)cc1. The van der Waals surface area contributed by atoms with E-state index >= 15 is 0 Å². The number of nitrogens with two attached hydrogens (primary N) is 1. The van der Waals surface area contributed by atoms with Crippen LogP contribution in [0.2, 0.25) is 0 Å². The van der Waals surface area contributed by atoms with E-state index in [9.17, 15) is 23.1 Å². The number of carbonyl (C=O) groups excluding carboxylic acids is 2. The molecule has 3 aromatic carbocycles. The largest absolute Gasteiger partial charge is 0.453 e. The van der Waals surface area contributed by atoms with Gasteiger partial charge in [0.1, 0.15) is 6.04 Å². The summed E-state index contributed by atoms with van der Waals surface area (Å²) in [7, 11) is -3.64. The number of ether oxygens (including phenoxy) is 1. The molecule has 2 amide bonds. The molecule has 0 aliphatic rings. The van der Waals surface area contributed by atoms with Gasteiger partial charge in [0.2, 0.25) is 15.9 Å². The number of aliphatic hydroxyl groups is 1. The van der Waals surface area contributed by atoms with Crippen molar-refractivity contribution in [3.63, 3.8) is 0 Å².